The largest absolute Gasteiger partial charge is 0.278 e. The predicted octanol–water partition coefficient (Wildman–Crippen LogP) is 5.22. The van der Waals surface area contributed by atoms with Crippen LogP contribution >= 0.6 is 11.3 Å². The summed E-state index contributed by atoms with van der Waals surface area (Å²) in [4.78, 5) is 14.7. The number of hydrogen-bond acceptors (Lipinski definition) is 6. The molecule has 2 aromatic carbocycles. The van der Waals surface area contributed by atoms with Gasteiger partial charge in [-0.3, -0.25) is 14.7 Å². The van der Waals surface area contributed by atoms with Crippen molar-refractivity contribution in [3.8, 4) is 21.7 Å². The van der Waals surface area contributed by atoms with Crippen LogP contribution in [0.15, 0.2) is 95.6 Å². The third kappa shape index (κ3) is 4.03. The molecule has 0 spiro atoms. The topological polar surface area (TPSA) is 84.8 Å². The van der Waals surface area contributed by atoms with E-state index in [9.17, 15) is 8.42 Å². The van der Waals surface area contributed by atoms with Crippen molar-refractivity contribution in [2.75, 3.05) is 4.72 Å². The minimum atomic E-state index is -3.69. The van der Waals surface area contributed by atoms with Crippen LogP contribution in [-0.4, -0.2) is 23.4 Å². The van der Waals surface area contributed by atoms with Gasteiger partial charge in [0.1, 0.15) is 0 Å². The molecule has 0 atom stereocenters. The van der Waals surface area contributed by atoms with Gasteiger partial charge in [0.25, 0.3) is 10.0 Å². The first kappa shape index (κ1) is 19.3. The normalized spacial score (nSPS) is 11.5. The van der Waals surface area contributed by atoms with Crippen LogP contribution in [0, 0.1) is 0 Å². The van der Waals surface area contributed by atoms with Crippen molar-refractivity contribution in [2.45, 2.75) is 4.90 Å². The Hall–Kier alpha value is -3.62. The molecule has 5 aromatic rings. The molecule has 0 saturated heterocycles. The maximum atomic E-state index is 12.6. The van der Waals surface area contributed by atoms with Gasteiger partial charge in [-0.15, -0.1) is 11.3 Å². The standard InChI is InChI=1S/C23H16N4O2S2/c28-31(29,19-5-2-1-3-6-19)27-18-11-17(13-24-14-18)16-8-9-20-21(12-16)26-22(15-25-20)23-7-4-10-30-23/h1-15,27H. The molecule has 0 bridgehead atoms. The quantitative estimate of drug-likeness (QED) is 0.402. The molecule has 152 valence electrons. The molecule has 0 fully saturated rings. The van der Waals surface area contributed by atoms with Gasteiger partial charge in [-0.25, -0.2) is 13.4 Å². The zero-order valence-electron chi connectivity index (χ0n) is 16.1. The number of nitrogens with zero attached hydrogens (tertiary/aromatic N) is 3. The average Bonchev–Trinajstić information content (AvgIpc) is 3.34. The number of hydrogen-bond donors (Lipinski definition) is 1. The first-order valence-corrected chi connectivity index (χ1v) is 11.8. The highest BCUT2D eigenvalue weighted by molar-refractivity contribution is 7.92. The fraction of sp³-hybridized carbons (Fsp3) is 0. The molecule has 0 aliphatic carbocycles. The second-order valence-corrected chi connectivity index (χ2v) is 9.45. The molecule has 3 heterocycles. The molecule has 0 saturated carbocycles. The Labute approximate surface area is 183 Å². The lowest BCUT2D eigenvalue weighted by atomic mass is 10.1. The van der Waals surface area contributed by atoms with Crippen molar-refractivity contribution in [1.29, 1.82) is 0 Å². The summed E-state index contributed by atoms with van der Waals surface area (Å²) in [5.74, 6) is 0. The maximum absolute atomic E-state index is 12.6. The number of rotatable bonds is 5. The van der Waals surface area contributed by atoms with Crippen LogP contribution in [0.4, 0.5) is 5.69 Å². The lowest BCUT2D eigenvalue weighted by molar-refractivity contribution is 0.601. The van der Waals surface area contributed by atoms with Crippen LogP contribution < -0.4 is 4.72 Å². The van der Waals surface area contributed by atoms with Crippen molar-refractivity contribution < 1.29 is 8.42 Å². The summed E-state index contributed by atoms with van der Waals surface area (Å²) < 4.78 is 27.8. The summed E-state index contributed by atoms with van der Waals surface area (Å²) in [5.41, 5.74) is 4.41. The van der Waals surface area contributed by atoms with E-state index in [0.717, 1.165) is 32.7 Å². The fourth-order valence-corrected chi connectivity index (χ4v) is 4.94. The SMILES string of the molecule is O=S(=O)(Nc1cncc(-c2ccc3ncc(-c4cccs4)nc3c2)c1)c1ccccc1. The van der Waals surface area contributed by atoms with E-state index in [1.807, 2.05) is 35.7 Å². The first-order valence-electron chi connectivity index (χ1n) is 9.42. The van der Waals surface area contributed by atoms with Crippen molar-refractivity contribution in [2.24, 2.45) is 0 Å². The number of thiophene rings is 1. The van der Waals surface area contributed by atoms with E-state index >= 15 is 0 Å². The van der Waals surface area contributed by atoms with Gasteiger partial charge in [0, 0.05) is 11.8 Å². The monoisotopic (exact) mass is 444 g/mol. The van der Waals surface area contributed by atoms with Gasteiger partial charge in [0.05, 0.1) is 44.6 Å². The maximum Gasteiger partial charge on any atom is 0.261 e. The Morgan fingerprint density at radius 2 is 1.68 bits per heavy atom. The first-order chi connectivity index (χ1) is 15.1. The van der Waals surface area contributed by atoms with E-state index in [-0.39, 0.29) is 4.90 Å². The zero-order chi connectivity index (χ0) is 21.3. The molecular formula is C23H16N4O2S2. The number of fused-ring (bicyclic) bond motifs is 1. The molecule has 31 heavy (non-hydrogen) atoms. The number of benzene rings is 2. The Kier molecular flexibility index (Phi) is 4.93. The third-order valence-corrected chi connectivity index (χ3v) is 6.98. The lowest BCUT2D eigenvalue weighted by Gasteiger charge is -2.10. The summed E-state index contributed by atoms with van der Waals surface area (Å²) >= 11 is 1.61. The van der Waals surface area contributed by atoms with Crippen LogP contribution in [0.25, 0.3) is 32.7 Å². The molecule has 0 amide bonds. The fourth-order valence-electron chi connectivity index (χ4n) is 3.20. The van der Waals surface area contributed by atoms with Gasteiger partial charge in [0.15, 0.2) is 0 Å². The van der Waals surface area contributed by atoms with E-state index < -0.39 is 10.0 Å². The molecule has 0 unspecified atom stereocenters. The van der Waals surface area contributed by atoms with E-state index in [1.165, 1.54) is 6.20 Å². The van der Waals surface area contributed by atoms with Gasteiger partial charge >= 0.3 is 0 Å². The number of aromatic nitrogens is 3. The van der Waals surface area contributed by atoms with Crippen LogP contribution in [0.1, 0.15) is 0 Å². The lowest BCUT2D eigenvalue weighted by Crippen LogP contribution is -2.12. The van der Waals surface area contributed by atoms with Crippen LogP contribution in [0.3, 0.4) is 0 Å². The summed E-state index contributed by atoms with van der Waals surface area (Å²) in [5, 5.41) is 2.01. The van der Waals surface area contributed by atoms with Crippen molar-refractivity contribution in [1.82, 2.24) is 15.0 Å². The van der Waals surface area contributed by atoms with Crippen molar-refractivity contribution >= 4 is 38.1 Å². The molecule has 8 heteroatoms. The van der Waals surface area contributed by atoms with E-state index in [2.05, 4.69) is 14.7 Å². The smallest absolute Gasteiger partial charge is 0.261 e. The summed E-state index contributed by atoms with van der Waals surface area (Å²) in [7, 11) is -3.69. The van der Waals surface area contributed by atoms with Crippen molar-refractivity contribution in [3.63, 3.8) is 0 Å². The molecular weight excluding hydrogens is 428 g/mol. The summed E-state index contributed by atoms with van der Waals surface area (Å²) in [6.07, 6.45) is 4.95. The molecule has 1 N–H and O–H groups in total. The van der Waals surface area contributed by atoms with E-state index in [0.29, 0.717) is 5.69 Å². The van der Waals surface area contributed by atoms with Gasteiger partial charge in [0.2, 0.25) is 0 Å². The minimum Gasteiger partial charge on any atom is -0.278 e. The molecule has 0 aliphatic rings. The number of nitrogens with one attached hydrogen (secondary N) is 1. The Morgan fingerprint density at radius 1 is 0.806 bits per heavy atom. The summed E-state index contributed by atoms with van der Waals surface area (Å²) in [6.45, 7) is 0. The number of anilines is 1. The predicted molar refractivity (Wildman–Crippen MR) is 123 cm³/mol. The van der Waals surface area contributed by atoms with Crippen LogP contribution in [0.2, 0.25) is 0 Å². The van der Waals surface area contributed by atoms with Gasteiger partial charge in [-0.05, 0) is 47.3 Å². The highest BCUT2D eigenvalue weighted by Gasteiger charge is 2.14. The number of pyridine rings is 1. The second kappa shape index (κ2) is 7.90. The Bertz CT molecular complexity index is 1470. The van der Waals surface area contributed by atoms with Gasteiger partial charge in [-0.1, -0.05) is 30.3 Å². The average molecular weight is 445 g/mol. The highest BCUT2D eigenvalue weighted by atomic mass is 32.2. The second-order valence-electron chi connectivity index (χ2n) is 6.82. The molecule has 3 aromatic heterocycles. The summed E-state index contributed by atoms with van der Waals surface area (Å²) in [6, 6.07) is 19.7. The van der Waals surface area contributed by atoms with Gasteiger partial charge < -0.3 is 0 Å². The minimum absolute atomic E-state index is 0.197. The highest BCUT2D eigenvalue weighted by Crippen LogP contribution is 2.28. The number of sulfonamides is 1. The third-order valence-electron chi connectivity index (χ3n) is 4.69. The van der Waals surface area contributed by atoms with Crippen molar-refractivity contribution in [3.05, 3.63) is 90.7 Å². The molecule has 0 aliphatic heterocycles. The van der Waals surface area contributed by atoms with Crippen LogP contribution in [-0.2, 0) is 10.0 Å². The Morgan fingerprint density at radius 3 is 2.48 bits per heavy atom. The van der Waals surface area contributed by atoms with Crippen LogP contribution in [0.5, 0.6) is 0 Å². The molecule has 6 nitrogen and oxygen atoms in total. The molecule has 5 rings (SSSR count). The Balaban J connectivity index is 1.49. The van der Waals surface area contributed by atoms with E-state index in [1.54, 1.807) is 60.1 Å². The zero-order valence-corrected chi connectivity index (χ0v) is 17.8. The van der Waals surface area contributed by atoms with Gasteiger partial charge in [-0.2, -0.15) is 0 Å². The molecule has 0 radical (unpaired) electrons. The van der Waals surface area contributed by atoms with E-state index in [4.69, 9.17) is 4.98 Å².